The van der Waals surface area contributed by atoms with E-state index in [0.717, 1.165) is 77.0 Å². The molecule has 0 saturated carbocycles. The molecule has 5 nitrogen and oxygen atoms in total. The number of rotatable bonds is 30. The molecule has 0 aromatic rings. The minimum Gasteiger partial charge on any atom is -0.466 e. The Balaban J connectivity index is 3.29. The molecule has 0 spiro atoms. The summed E-state index contributed by atoms with van der Waals surface area (Å²) in [6.45, 7) is 4.65. The molecule has 0 radical (unpaired) electrons. The van der Waals surface area contributed by atoms with Crippen molar-refractivity contribution in [2.45, 2.75) is 174 Å². The van der Waals surface area contributed by atoms with Gasteiger partial charge in [0.05, 0.1) is 19.3 Å². The van der Waals surface area contributed by atoms with Crippen molar-refractivity contribution in [2.75, 3.05) is 13.2 Å². The number of carbonyl (C=O) groups excluding carboxylic acids is 2. The molecule has 40 heavy (non-hydrogen) atoms. The van der Waals surface area contributed by atoms with Crippen LogP contribution in [0.3, 0.4) is 0 Å². The zero-order valence-electron chi connectivity index (χ0n) is 26.4. The van der Waals surface area contributed by atoms with Crippen molar-refractivity contribution in [3.63, 3.8) is 0 Å². The van der Waals surface area contributed by atoms with E-state index in [1.54, 1.807) is 0 Å². The summed E-state index contributed by atoms with van der Waals surface area (Å²) in [5, 5.41) is 10.2. The Morgan fingerprint density at radius 2 is 0.800 bits per heavy atom. The molecule has 0 amide bonds. The van der Waals surface area contributed by atoms with Gasteiger partial charge in [0.2, 0.25) is 0 Å². The number of hydrogen-bond acceptors (Lipinski definition) is 5. The highest BCUT2D eigenvalue weighted by Gasteiger charge is 2.04. The maximum absolute atomic E-state index is 11.3. The summed E-state index contributed by atoms with van der Waals surface area (Å²) in [4.78, 5) is 22.5. The van der Waals surface area contributed by atoms with Gasteiger partial charge in [-0.3, -0.25) is 9.59 Å². The highest BCUT2D eigenvalue weighted by atomic mass is 16.5. The molecule has 234 valence electrons. The summed E-state index contributed by atoms with van der Waals surface area (Å²) in [6.07, 6.45) is 35.5. The first-order valence-electron chi connectivity index (χ1n) is 16.9. The van der Waals surface area contributed by atoms with Crippen molar-refractivity contribution in [2.24, 2.45) is 0 Å². The van der Waals surface area contributed by atoms with E-state index in [2.05, 4.69) is 24.3 Å². The summed E-state index contributed by atoms with van der Waals surface area (Å²) < 4.78 is 9.87. The summed E-state index contributed by atoms with van der Waals surface area (Å²) >= 11 is 0. The molecule has 0 saturated heterocycles. The second-order valence-electron chi connectivity index (χ2n) is 11.1. The van der Waals surface area contributed by atoms with Crippen LogP contribution in [0.1, 0.15) is 168 Å². The SMILES string of the molecule is CCOC(=O)CCCCC=CCCCCCCCCC(O)CCCCCCCCC=CCCCCC(=O)OCC. The van der Waals surface area contributed by atoms with Crippen LogP contribution in [0.4, 0.5) is 0 Å². The minimum atomic E-state index is -0.107. The van der Waals surface area contributed by atoms with E-state index in [0.29, 0.717) is 26.1 Å². The van der Waals surface area contributed by atoms with Crippen LogP contribution >= 0.6 is 0 Å². The van der Waals surface area contributed by atoms with Crippen LogP contribution in [0, 0.1) is 0 Å². The van der Waals surface area contributed by atoms with Gasteiger partial charge >= 0.3 is 11.9 Å². The fourth-order valence-corrected chi connectivity index (χ4v) is 4.84. The summed E-state index contributed by atoms with van der Waals surface area (Å²) in [5.41, 5.74) is 0. The Kier molecular flexibility index (Phi) is 30.6. The molecule has 0 aromatic heterocycles. The molecular weight excluding hydrogens is 500 g/mol. The molecule has 1 N–H and O–H groups in total. The van der Waals surface area contributed by atoms with Gasteiger partial charge in [0.25, 0.3) is 0 Å². The molecule has 0 aliphatic heterocycles. The zero-order chi connectivity index (χ0) is 29.4. The third-order valence-electron chi connectivity index (χ3n) is 7.26. The first-order chi connectivity index (χ1) is 19.6. The zero-order valence-corrected chi connectivity index (χ0v) is 26.4. The lowest BCUT2D eigenvalue weighted by molar-refractivity contribution is -0.144. The van der Waals surface area contributed by atoms with Crippen molar-refractivity contribution in [1.82, 2.24) is 0 Å². The number of hydrogen-bond donors (Lipinski definition) is 1. The molecule has 0 heterocycles. The molecular formula is C35H64O5. The highest BCUT2D eigenvalue weighted by Crippen LogP contribution is 2.15. The fraction of sp³-hybridized carbons (Fsp3) is 0.829. The number of carbonyl (C=O) groups is 2. The van der Waals surface area contributed by atoms with Crippen LogP contribution in [-0.2, 0) is 19.1 Å². The Morgan fingerprint density at radius 1 is 0.500 bits per heavy atom. The van der Waals surface area contributed by atoms with Crippen LogP contribution < -0.4 is 0 Å². The lowest BCUT2D eigenvalue weighted by atomic mass is 10.0. The molecule has 0 rings (SSSR count). The van der Waals surface area contributed by atoms with Gasteiger partial charge in [-0.25, -0.2) is 0 Å². The van der Waals surface area contributed by atoms with E-state index in [-0.39, 0.29) is 18.0 Å². The van der Waals surface area contributed by atoms with Gasteiger partial charge in [0.15, 0.2) is 0 Å². The predicted octanol–water partition coefficient (Wildman–Crippen LogP) is 9.95. The van der Waals surface area contributed by atoms with E-state index < -0.39 is 0 Å². The van der Waals surface area contributed by atoms with Gasteiger partial charge < -0.3 is 14.6 Å². The third-order valence-corrected chi connectivity index (χ3v) is 7.26. The Hall–Kier alpha value is -1.62. The minimum absolute atomic E-state index is 0.0724. The number of allylic oxidation sites excluding steroid dienone is 4. The molecule has 0 aromatic carbocycles. The molecule has 0 atom stereocenters. The van der Waals surface area contributed by atoms with E-state index >= 15 is 0 Å². The standard InChI is InChI=1S/C35H64O5/c1-3-39-34(37)31-27-23-19-15-11-7-5-9-13-17-21-25-29-33(36)30-26-22-18-14-10-6-8-12-16-20-24-28-32-35(38)40-4-2/h11-12,15-16,33,36H,3-10,13-14,17-32H2,1-2H3. The summed E-state index contributed by atoms with van der Waals surface area (Å²) in [5.74, 6) is -0.145. The van der Waals surface area contributed by atoms with Gasteiger partial charge in [-0.1, -0.05) is 88.5 Å². The average Bonchev–Trinajstić information content (AvgIpc) is 2.93. The maximum Gasteiger partial charge on any atom is 0.305 e. The van der Waals surface area contributed by atoms with Gasteiger partial charge in [-0.15, -0.1) is 0 Å². The lowest BCUT2D eigenvalue weighted by Gasteiger charge is -2.10. The Morgan fingerprint density at radius 3 is 1.15 bits per heavy atom. The number of unbranched alkanes of at least 4 members (excludes halogenated alkanes) is 16. The lowest BCUT2D eigenvalue weighted by Crippen LogP contribution is -2.05. The van der Waals surface area contributed by atoms with E-state index in [4.69, 9.17) is 9.47 Å². The monoisotopic (exact) mass is 564 g/mol. The van der Waals surface area contributed by atoms with Crippen LogP contribution in [0.15, 0.2) is 24.3 Å². The van der Waals surface area contributed by atoms with Gasteiger partial charge in [0.1, 0.15) is 0 Å². The summed E-state index contributed by atoms with van der Waals surface area (Å²) in [7, 11) is 0. The second-order valence-corrected chi connectivity index (χ2v) is 11.1. The van der Waals surface area contributed by atoms with Crippen LogP contribution in [0.2, 0.25) is 0 Å². The average molecular weight is 565 g/mol. The topological polar surface area (TPSA) is 72.8 Å². The normalized spacial score (nSPS) is 12.4. The third kappa shape index (κ3) is 30.9. The Bertz CT molecular complexity index is 561. The number of aliphatic hydroxyl groups is 1. The quantitative estimate of drug-likeness (QED) is 0.0534. The first kappa shape index (κ1) is 38.4. The van der Waals surface area contributed by atoms with Crippen molar-refractivity contribution in [3.05, 3.63) is 24.3 Å². The van der Waals surface area contributed by atoms with Gasteiger partial charge in [0, 0.05) is 12.8 Å². The van der Waals surface area contributed by atoms with E-state index in [9.17, 15) is 14.7 Å². The van der Waals surface area contributed by atoms with Crippen molar-refractivity contribution >= 4 is 11.9 Å². The molecule has 0 aliphatic carbocycles. The molecule has 5 heteroatoms. The first-order valence-corrected chi connectivity index (χ1v) is 16.9. The smallest absolute Gasteiger partial charge is 0.305 e. The molecule has 0 bridgehead atoms. The van der Waals surface area contributed by atoms with Crippen LogP contribution in [0.25, 0.3) is 0 Å². The fourth-order valence-electron chi connectivity index (χ4n) is 4.84. The van der Waals surface area contributed by atoms with Crippen molar-refractivity contribution < 1.29 is 24.2 Å². The largest absolute Gasteiger partial charge is 0.466 e. The summed E-state index contributed by atoms with van der Waals surface area (Å²) in [6, 6.07) is 0. The molecule has 0 fully saturated rings. The van der Waals surface area contributed by atoms with Crippen LogP contribution in [-0.4, -0.2) is 36.4 Å². The molecule has 0 unspecified atom stereocenters. The Labute approximate surface area is 247 Å². The predicted molar refractivity (Wildman–Crippen MR) is 168 cm³/mol. The van der Waals surface area contributed by atoms with E-state index in [1.165, 1.54) is 64.2 Å². The molecule has 0 aliphatic rings. The van der Waals surface area contributed by atoms with Crippen molar-refractivity contribution in [1.29, 1.82) is 0 Å². The second kappa shape index (κ2) is 31.9. The van der Waals surface area contributed by atoms with Gasteiger partial charge in [-0.2, -0.15) is 0 Å². The van der Waals surface area contributed by atoms with Crippen LogP contribution in [0.5, 0.6) is 0 Å². The number of esters is 2. The van der Waals surface area contributed by atoms with E-state index in [1.807, 2.05) is 13.8 Å². The van der Waals surface area contributed by atoms with Gasteiger partial charge in [-0.05, 0) is 90.9 Å². The highest BCUT2D eigenvalue weighted by molar-refractivity contribution is 5.69. The maximum atomic E-state index is 11.3. The number of aliphatic hydroxyl groups excluding tert-OH is 1. The van der Waals surface area contributed by atoms with Crippen molar-refractivity contribution in [3.8, 4) is 0 Å². The number of ether oxygens (including phenoxy) is 2.